The van der Waals surface area contributed by atoms with Crippen molar-refractivity contribution in [3.05, 3.63) is 35.0 Å². The summed E-state index contributed by atoms with van der Waals surface area (Å²) >= 11 is 0. The van der Waals surface area contributed by atoms with Gasteiger partial charge in [0, 0.05) is 23.0 Å². The van der Waals surface area contributed by atoms with Crippen LogP contribution < -0.4 is 0 Å². The number of aliphatic hydroxyl groups excluding tert-OH is 1. The molecule has 6 heteroatoms. The van der Waals surface area contributed by atoms with Gasteiger partial charge in [-0.1, -0.05) is 12.1 Å². The van der Waals surface area contributed by atoms with Crippen LogP contribution in [0.2, 0.25) is 0 Å². The molecule has 1 aromatic carbocycles. The molecule has 2 aromatic heterocycles. The Morgan fingerprint density at radius 1 is 1.23 bits per heavy atom. The Morgan fingerprint density at radius 3 is 2.67 bits per heavy atom. The fraction of sp³-hybridized carbons (Fsp3) is 0.542. The Hall–Kier alpha value is -2.47. The van der Waals surface area contributed by atoms with Gasteiger partial charge in [-0.3, -0.25) is 4.79 Å². The van der Waals surface area contributed by atoms with E-state index >= 15 is 0 Å². The van der Waals surface area contributed by atoms with E-state index in [1.807, 2.05) is 19.9 Å². The molecule has 0 spiro atoms. The number of carbonyl (C=O) groups excluding carboxylic acids is 1. The summed E-state index contributed by atoms with van der Waals surface area (Å²) < 4.78 is 5.39. The molecule has 156 valence electrons. The van der Waals surface area contributed by atoms with Gasteiger partial charge >= 0.3 is 0 Å². The molecule has 30 heavy (non-hydrogen) atoms. The number of aliphatic hydroxyl groups is 1. The fourth-order valence-corrected chi connectivity index (χ4v) is 6.05. The predicted molar refractivity (Wildman–Crippen MR) is 112 cm³/mol. The third kappa shape index (κ3) is 2.56. The number of Topliss-reactive ketones (excluding diaryl/α,β-unsaturated/α-hetero) is 1. The smallest absolute Gasteiger partial charge is 0.142 e. The number of ketones is 1. The van der Waals surface area contributed by atoms with Crippen LogP contribution in [0, 0.1) is 37.5 Å². The van der Waals surface area contributed by atoms with Gasteiger partial charge in [0.2, 0.25) is 0 Å². The number of aromatic nitrogens is 3. The van der Waals surface area contributed by atoms with Crippen molar-refractivity contribution < 1.29 is 14.4 Å². The maximum atomic E-state index is 13.1. The van der Waals surface area contributed by atoms with Crippen LogP contribution in [-0.2, 0) is 4.79 Å². The Kier molecular flexibility index (Phi) is 3.82. The third-order valence-electron chi connectivity index (χ3n) is 7.70. The number of hydrogen-bond acceptors (Lipinski definition) is 5. The lowest BCUT2D eigenvalue weighted by Gasteiger charge is -2.29. The van der Waals surface area contributed by atoms with E-state index in [0.29, 0.717) is 11.8 Å². The number of fused-ring (bicyclic) bond motifs is 3. The molecule has 4 unspecified atom stereocenters. The second-order valence-electron chi connectivity index (χ2n) is 9.75. The number of rotatable bonds is 4. The van der Waals surface area contributed by atoms with Crippen LogP contribution in [-0.4, -0.2) is 26.0 Å². The zero-order valence-corrected chi connectivity index (χ0v) is 17.6. The highest BCUT2D eigenvalue weighted by atomic mass is 16.5. The number of carbonyl (C=O) groups is 1. The molecule has 3 fully saturated rings. The van der Waals surface area contributed by atoms with Gasteiger partial charge in [-0.05, 0) is 69.1 Å². The van der Waals surface area contributed by atoms with Gasteiger partial charge in [0.1, 0.15) is 17.4 Å². The summed E-state index contributed by atoms with van der Waals surface area (Å²) in [6, 6.07) is 4.07. The minimum absolute atomic E-state index is 0.108. The Balaban J connectivity index is 1.50. The first-order valence-electron chi connectivity index (χ1n) is 11.1. The van der Waals surface area contributed by atoms with E-state index in [2.05, 4.69) is 23.1 Å². The molecule has 0 radical (unpaired) electrons. The van der Waals surface area contributed by atoms with Crippen molar-refractivity contribution in [1.29, 1.82) is 0 Å². The molecule has 0 saturated heterocycles. The van der Waals surface area contributed by atoms with Gasteiger partial charge in [-0.2, -0.15) is 0 Å². The standard InChI is InChI=1S/C24H27N3O3/c1-10-6-14-7-16(10)22(28)20(14)23(29)17-8-15(19-11(2)27-30-12(19)3)9-18-21(17)26-24(25-18)13-4-5-13/h8-10,13-14,16,20,23,29H,4-7H2,1-3H3,(H,25,26)/t10-,14?,16?,20?,23?/m0/s1. The summed E-state index contributed by atoms with van der Waals surface area (Å²) in [5, 5.41) is 15.6. The minimum Gasteiger partial charge on any atom is -0.388 e. The average Bonchev–Trinajstić information content (AvgIpc) is 3.05. The molecule has 3 saturated carbocycles. The van der Waals surface area contributed by atoms with Crippen LogP contribution in [0.1, 0.15) is 67.5 Å². The first kappa shape index (κ1) is 18.3. The zero-order valence-electron chi connectivity index (χ0n) is 17.6. The monoisotopic (exact) mass is 405 g/mol. The van der Waals surface area contributed by atoms with Crippen molar-refractivity contribution in [1.82, 2.24) is 15.1 Å². The lowest BCUT2D eigenvalue weighted by atomic mass is 9.77. The summed E-state index contributed by atoms with van der Waals surface area (Å²) in [4.78, 5) is 21.4. The molecule has 2 N–H and O–H groups in total. The van der Waals surface area contributed by atoms with Crippen LogP contribution >= 0.6 is 0 Å². The summed E-state index contributed by atoms with van der Waals surface area (Å²) in [5.74, 6) is 2.95. The molecule has 2 bridgehead atoms. The second-order valence-corrected chi connectivity index (χ2v) is 9.75. The average molecular weight is 405 g/mol. The van der Waals surface area contributed by atoms with E-state index in [1.54, 1.807) is 0 Å². The molecular formula is C24H27N3O3. The number of nitrogens with zero attached hydrogens (tertiary/aromatic N) is 2. The predicted octanol–water partition coefficient (Wildman–Crippen LogP) is 4.61. The highest BCUT2D eigenvalue weighted by Gasteiger charge is 2.53. The zero-order chi connectivity index (χ0) is 20.7. The molecule has 3 aliphatic rings. The molecule has 3 aromatic rings. The maximum absolute atomic E-state index is 13.1. The highest BCUT2D eigenvalue weighted by molar-refractivity contribution is 5.90. The summed E-state index contributed by atoms with van der Waals surface area (Å²) in [7, 11) is 0. The van der Waals surface area contributed by atoms with Gasteiger partial charge in [-0.15, -0.1) is 0 Å². The van der Waals surface area contributed by atoms with E-state index < -0.39 is 6.10 Å². The minimum atomic E-state index is -0.835. The van der Waals surface area contributed by atoms with Gasteiger partial charge in [0.15, 0.2) is 0 Å². The Bertz CT molecular complexity index is 1150. The van der Waals surface area contributed by atoms with Crippen molar-refractivity contribution in [3.63, 3.8) is 0 Å². The molecule has 0 aliphatic heterocycles. The van der Waals surface area contributed by atoms with E-state index in [0.717, 1.165) is 70.7 Å². The largest absolute Gasteiger partial charge is 0.388 e. The number of benzene rings is 1. The number of hydrogen-bond donors (Lipinski definition) is 2. The molecule has 3 aliphatic carbocycles. The first-order valence-corrected chi connectivity index (χ1v) is 11.1. The highest BCUT2D eigenvalue weighted by Crippen LogP contribution is 2.53. The number of imidazole rings is 1. The van der Waals surface area contributed by atoms with Gasteiger partial charge in [0.05, 0.1) is 28.7 Å². The van der Waals surface area contributed by atoms with Crippen molar-refractivity contribution in [2.45, 2.75) is 58.5 Å². The quantitative estimate of drug-likeness (QED) is 0.661. The maximum Gasteiger partial charge on any atom is 0.142 e. The Morgan fingerprint density at radius 2 is 2.03 bits per heavy atom. The molecule has 6 rings (SSSR count). The summed E-state index contributed by atoms with van der Waals surface area (Å²) in [5.41, 5.74) is 5.17. The summed E-state index contributed by atoms with van der Waals surface area (Å²) in [6.45, 7) is 5.99. The van der Waals surface area contributed by atoms with Crippen molar-refractivity contribution in [2.24, 2.45) is 23.7 Å². The lowest BCUT2D eigenvalue weighted by Crippen LogP contribution is -2.31. The molecular weight excluding hydrogens is 378 g/mol. The van der Waals surface area contributed by atoms with Crippen LogP contribution in [0.4, 0.5) is 0 Å². The van der Waals surface area contributed by atoms with E-state index in [-0.39, 0.29) is 23.5 Å². The lowest BCUT2D eigenvalue weighted by molar-refractivity contribution is -0.131. The SMILES string of the molecule is Cc1noc(C)c1-c1cc(C(O)C2C(=O)C3CC2C[C@@H]3C)c2nc(C3CC3)[nH]c2c1. The van der Waals surface area contributed by atoms with E-state index in [1.165, 1.54) is 0 Å². The fourth-order valence-electron chi connectivity index (χ4n) is 6.05. The van der Waals surface area contributed by atoms with Crippen LogP contribution in [0.5, 0.6) is 0 Å². The van der Waals surface area contributed by atoms with Crippen LogP contribution in [0.3, 0.4) is 0 Å². The normalized spacial score (nSPS) is 29.3. The first-order chi connectivity index (χ1) is 14.4. The van der Waals surface area contributed by atoms with E-state index in [9.17, 15) is 9.90 Å². The van der Waals surface area contributed by atoms with Gasteiger partial charge < -0.3 is 14.6 Å². The summed E-state index contributed by atoms with van der Waals surface area (Å²) in [6.07, 6.45) is 3.41. The molecule has 2 heterocycles. The van der Waals surface area contributed by atoms with E-state index in [4.69, 9.17) is 9.51 Å². The van der Waals surface area contributed by atoms with Crippen LogP contribution in [0.25, 0.3) is 22.2 Å². The van der Waals surface area contributed by atoms with Crippen molar-refractivity contribution in [3.8, 4) is 11.1 Å². The van der Waals surface area contributed by atoms with Gasteiger partial charge in [-0.25, -0.2) is 4.98 Å². The van der Waals surface area contributed by atoms with Crippen molar-refractivity contribution >= 4 is 16.8 Å². The molecule has 6 nitrogen and oxygen atoms in total. The molecule has 5 atom stereocenters. The van der Waals surface area contributed by atoms with Crippen molar-refractivity contribution in [2.75, 3.05) is 0 Å². The topological polar surface area (TPSA) is 92.0 Å². The Labute approximate surface area is 175 Å². The number of aromatic amines is 1. The van der Waals surface area contributed by atoms with Gasteiger partial charge in [0.25, 0.3) is 0 Å². The number of aryl methyl sites for hydroxylation is 2. The number of H-pyrrole nitrogens is 1. The third-order valence-corrected chi connectivity index (χ3v) is 7.70. The van der Waals surface area contributed by atoms with Crippen LogP contribution in [0.15, 0.2) is 16.7 Å². The second kappa shape index (κ2) is 6.27. The number of nitrogens with one attached hydrogen (secondary N) is 1. The molecule has 0 amide bonds.